The summed E-state index contributed by atoms with van der Waals surface area (Å²) >= 11 is 0. The van der Waals surface area contributed by atoms with Crippen molar-refractivity contribution in [1.29, 1.82) is 0 Å². The standard InChI is InChI=1S/C28H32FN3O6S/c1-18-15-32(19(2)17-33)28(34)25-12-21(20-8-10-22(29)11-9-20)14-30-27(25)38-26(18)16-31(3)39(35,36)24-7-5-6-23(13-24)37-4/h5-14,18-19,26,33H,15-17H2,1-4H3/t18-,19+,26-/m0/s1. The quantitative estimate of drug-likeness (QED) is 0.452. The molecule has 0 saturated carbocycles. The number of likely N-dealkylation sites (N-methyl/N-ethyl adjacent to an activating group) is 1. The van der Waals surface area contributed by atoms with Gasteiger partial charge in [-0.15, -0.1) is 0 Å². The largest absolute Gasteiger partial charge is 0.497 e. The molecule has 0 bridgehead atoms. The number of hydrogen-bond acceptors (Lipinski definition) is 7. The molecule has 1 amide bonds. The lowest BCUT2D eigenvalue weighted by Gasteiger charge is -2.37. The highest BCUT2D eigenvalue weighted by atomic mass is 32.2. The van der Waals surface area contributed by atoms with E-state index in [2.05, 4.69) is 4.98 Å². The Labute approximate surface area is 227 Å². The zero-order valence-corrected chi connectivity index (χ0v) is 23.1. The summed E-state index contributed by atoms with van der Waals surface area (Å²) in [5.41, 5.74) is 1.43. The van der Waals surface area contributed by atoms with Crippen LogP contribution in [-0.2, 0) is 10.0 Å². The lowest BCUT2D eigenvalue weighted by molar-refractivity contribution is 0.0373. The first-order valence-electron chi connectivity index (χ1n) is 12.5. The molecule has 3 atom stereocenters. The van der Waals surface area contributed by atoms with E-state index in [1.54, 1.807) is 42.2 Å². The summed E-state index contributed by atoms with van der Waals surface area (Å²) in [5.74, 6) is -0.583. The lowest BCUT2D eigenvalue weighted by atomic mass is 9.99. The molecule has 2 aromatic carbocycles. The van der Waals surface area contributed by atoms with E-state index in [-0.39, 0.29) is 53.7 Å². The van der Waals surface area contributed by atoms with Crippen LogP contribution in [0.5, 0.6) is 11.6 Å². The molecular weight excluding hydrogens is 525 g/mol. The molecule has 0 saturated heterocycles. The number of sulfonamides is 1. The van der Waals surface area contributed by atoms with Gasteiger partial charge in [-0.2, -0.15) is 4.31 Å². The maximum absolute atomic E-state index is 13.6. The summed E-state index contributed by atoms with van der Waals surface area (Å²) in [4.78, 5) is 19.7. The minimum Gasteiger partial charge on any atom is -0.497 e. The second-order valence-corrected chi connectivity index (χ2v) is 11.7. The van der Waals surface area contributed by atoms with Crippen molar-refractivity contribution in [3.8, 4) is 22.8 Å². The van der Waals surface area contributed by atoms with Crippen LogP contribution in [0.15, 0.2) is 65.7 Å². The van der Waals surface area contributed by atoms with E-state index in [9.17, 15) is 22.7 Å². The lowest BCUT2D eigenvalue weighted by Crippen LogP contribution is -2.50. The van der Waals surface area contributed by atoms with E-state index in [1.165, 1.54) is 48.9 Å². The molecule has 208 valence electrons. The number of aromatic nitrogens is 1. The molecule has 3 aromatic rings. The van der Waals surface area contributed by atoms with Gasteiger partial charge in [0, 0.05) is 37.3 Å². The van der Waals surface area contributed by atoms with Gasteiger partial charge in [0.25, 0.3) is 5.91 Å². The third kappa shape index (κ3) is 6.05. The third-order valence-electron chi connectivity index (χ3n) is 6.89. The van der Waals surface area contributed by atoms with Crippen LogP contribution in [0.4, 0.5) is 4.39 Å². The second-order valence-electron chi connectivity index (χ2n) is 9.67. The van der Waals surface area contributed by atoms with Crippen molar-refractivity contribution in [3.63, 3.8) is 0 Å². The molecule has 1 aliphatic rings. The first kappa shape index (κ1) is 28.5. The zero-order chi connectivity index (χ0) is 28.3. The Morgan fingerprint density at radius 3 is 2.59 bits per heavy atom. The Balaban J connectivity index is 1.70. The Morgan fingerprint density at radius 1 is 1.21 bits per heavy atom. The van der Waals surface area contributed by atoms with Gasteiger partial charge in [0.15, 0.2) is 0 Å². The molecule has 1 N–H and O–H groups in total. The number of carbonyl (C=O) groups is 1. The Kier molecular flexibility index (Phi) is 8.53. The van der Waals surface area contributed by atoms with E-state index in [0.717, 1.165) is 0 Å². The van der Waals surface area contributed by atoms with Crippen LogP contribution in [0.3, 0.4) is 0 Å². The number of rotatable bonds is 8. The van der Waals surface area contributed by atoms with Crippen LogP contribution in [0.25, 0.3) is 11.1 Å². The second kappa shape index (κ2) is 11.7. The van der Waals surface area contributed by atoms with Crippen LogP contribution in [0, 0.1) is 11.7 Å². The van der Waals surface area contributed by atoms with Gasteiger partial charge in [-0.25, -0.2) is 17.8 Å². The third-order valence-corrected chi connectivity index (χ3v) is 8.70. The van der Waals surface area contributed by atoms with E-state index in [4.69, 9.17) is 9.47 Å². The summed E-state index contributed by atoms with van der Waals surface area (Å²) in [6.07, 6.45) is 0.860. The Hall–Kier alpha value is -3.54. The van der Waals surface area contributed by atoms with Gasteiger partial charge in [-0.3, -0.25) is 4.79 Å². The molecule has 1 aliphatic heterocycles. The molecule has 0 unspecified atom stereocenters. The summed E-state index contributed by atoms with van der Waals surface area (Å²) in [6.45, 7) is 3.54. The number of hydrogen-bond donors (Lipinski definition) is 1. The molecule has 0 radical (unpaired) electrons. The summed E-state index contributed by atoms with van der Waals surface area (Å²) in [6, 6.07) is 13.1. The number of benzene rings is 2. The van der Waals surface area contributed by atoms with Gasteiger partial charge in [-0.05, 0) is 42.8 Å². The Bertz CT molecular complexity index is 1430. The highest BCUT2D eigenvalue weighted by Crippen LogP contribution is 2.31. The van der Waals surface area contributed by atoms with Gasteiger partial charge < -0.3 is 19.5 Å². The van der Waals surface area contributed by atoms with Crippen molar-refractivity contribution in [1.82, 2.24) is 14.2 Å². The highest BCUT2D eigenvalue weighted by Gasteiger charge is 2.36. The van der Waals surface area contributed by atoms with E-state index in [0.29, 0.717) is 16.9 Å². The fourth-order valence-electron chi connectivity index (χ4n) is 4.41. The number of pyridine rings is 1. The minimum absolute atomic E-state index is 0.0168. The fraction of sp³-hybridized carbons (Fsp3) is 0.357. The molecule has 0 spiro atoms. The first-order valence-corrected chi connectivity index (χ1v) is 13.9. The molecule has 1 aromatic heterocycles. The fourth-order valence-corrected chi connectivity index (χ4v) is 5.63. The molecular formula is C28H32FN3O6S. The van der Waals surface area contributed by atoms with Crippen LogP contribution >= 0.6 is 0 Å². The number of amides is 1. The highest BCUT2D eigenvalue weighted by molar-refractivity contribution is 7.89. The summed E-state index contributed by atoms with van der Waals surface area (Å²) in [5, 5.41) is 9.87. The van der Waals surface area contributed by atoms with Crippen molar-refractivity contribution >= 4 is 15.9 Å². The van der Waals surface area contributed by atoms with Crippen LogP contribution in [0.1, 0.15) is 24.2 Å². The van der Waals surface area contributed by atoms with Gasteiger partial charge in [0.2, 0.25) is 15.9 Å². The van der Waals surface area contributed by atoms with Crippen molar-refractivity contribution in [2.24, 2.45) is 5.92 Å². The number of halogens is 1. The summed E-state index contributed by atoms with van der Waals surface area (Å²) < 4.78 is 52.8. The normalized spacial score (nSPS) is 18.6. The molecule has 39 heavy (non-hydrogen) atoms. The van der Waals surface area contributed by atoms with E-state index in [1.807, 2.05) is 6.92 Å². The minimum atomic E-state index is -3.88. The number of fused-ring (bicyclic) bond motifs is 1. The predicted octanol–water partition coefficient (Wildman–Crippen LogP) is 3.44. The Morgan fingerprint density at radius 2 is 1.92 bits per heavy atom. The number of aliphatic hydroxyl groups excluding tert-OH is 1. The zero-order valence-electron chi connectivity index (χ0n) is 22.2. The van der Waals surface area contributed by atoms with Crippen molar-refractivity contribution in [3.05, 3.63) is 72.2 Å². The van der Waals surface area contributed by atoms with Crippen LogP contribution in [-0.4, -0.2) is 79.6 Å². The number of aliphatic hydroxyl groups is 1. The average Bonchev–Trinajstić information content (AvgIpc) is 2.94. The van der Waals surface area contributed by atoms with E-state index >= 15 is 0 Å². The van der Waals surface area contributed by atoms with Gasteiger partial charge in [0.05, 0.1) is 31.2 Å². The smallest absolute Gasteiger partial charge is 0.259 e. The maximum Gasteiger partial charge on any atom is 0.259 e. The number of ether oxygens (including phenoxy) is 2. The maximum atomic E-state index is 13.6. The molecule has 2 heterocycles. The number of methoxy groups -OCH3 is 1. The number of carbonyl (C=O) groups excluding carboxylic acids is 1. The van der Waals surface area contributed by atoms with Crippen molar-refractivity contribution in [2.75, 3.05) is 33.9 Å². The predicted molar refractivity (Wildman–Crippen MR) is 144 cm³/mol. The van der Waals surface area contributed by atoms with Gasteiger partial charge in [0.1, 0.15) is 23.2 Å². The average molecular weight is 558 g/mol. The number of nitrogens with zero attached hydrogens (tertiary/aromatic N) is 3. The molecule has 9 nitrogen and oxygen atoms in total. The van der Waals surface area contributed by atoms with Crippen molar-refractivity contribution < 1.29 is 32.2 Å². The van der Waals surface area contributed by atoms with Crippen LogP contribution in [0.2, 0.25) is 0 Å². The molecule has 0 aliphatic carbocycles. The topological polar surface area (TPSA) is 109 Å². The molecule has 4 rings (SSSR count). The van der Waals surface area contributed by atoms with E-state index < -0.39 is 22.2 Å². The van der Waals surface area contributed by atoms with Crippen LogP contribution < -0.4 is 9.47 Å². The monoisotopic (exact) mass is 557 g/mol. The SMILES string of the molecule is COc1cccc(S(=O)(=O)N(C)C[C@@H]2Oc3ncc(-c4ccc(F)cc4)cc3C(=O)N([C@H](C)CO)C[C@@H]2C)c1. The first-order chi connectivity index (χ1) is 18.5. The summed E-state index contributed by atoms with van der Waals surface area (Å²) in [7, 11) is -0.951. The van der Waals surface area contributed by atoms with Gasteiger partial charge >= 0.3 is 0 Å². The molecule has 11 heteroatoms. The van der Waals surface area contributed by atoms with Gasteiger partial charge in [-0.1, -0.05) is 25.1 Å². The van der Waals surface area contributed by atoms with Crippen molar-refractivity contribution in [2.45, 2.75) is 30.9 Å². The molecule has 0 fully saturated rings.